The number of benzene rings is 2. The van der Waals surface area contributed by atoms with E-state index >= 15 is 0 Å². The first-order chi connectivity index (χ1) is 11.5. The normalized spacial score (nSPS) is 17.3. The fourth-order valence-electron chi connectivity index (χ4n) is 2.58. The molecule has 3 rings (SSSR count). The summed E-state index contributed by atoms with van der Waals surface area (Å²) in [4.78, 5) is 26.0. The van der Waals surface area contributed by atoms with Crippen LogP contribution in [0, 0.1) is 0 Å². The van der Waals surface area contributed by atoms with Gasteiger partial charge < -0.3 is 10.1 Å². The van der Waals surface area contributed by atoms with Crippen LogP contribution in [0.2, 0.25) is 10.0 Å². The van der Waals surface area contributed by atoms with Gasteiger partial charge in [0.15, 0.2) is 0 Å². The SMILES string of the molecule is COc1cccc(N[C@@H]2CC(=O)N(c3cccc(Cl)c3Cl)C2=O)c1. The molecule has 1 aliphatic heterocycles. The zero-order chi connectivity index (χ0) is 17.3. The van der Waals surface area contributed by atoms with Crippen molar-refractivity contribution in [1.82, 2.24) is 0 Å². The number of ether oxygens (including phenoxy) is 1. The highest BCUT2D eigenvalue weighted by Gasteiger charge is 2.40. The maximum Gasteiger partial charge on any atom is 0.256 e. The maximum absolute atomic E-state index is 12.6. The minimum absolute atomic E-state index is 0.0406. The summed E-state index contributed by atoms with van der Waals surface area (Å²) >= 11 is 12.1. The van der Waals surface area contributed by atoms with Gasteiger partial charge in [0.1, 0.15) is 11.8 Å². The molecule has 0 spiro atoms. The predicted octanol–water partition coefficient (Wildman–Crippen LogP) is 3.75. The summed E-state index contributed by atoms with van der Waals surface area (Å²) < 4.78 is 5.15. The minimum Gasteiger partial charge on any atom is -0.497 e. The zero-order valence-electron chi connectivity index (χ0n) is 12.8. The molecule has 2 aromatic carbocycles. The summed E-state index contributed by atoms with van der Waals surface area (Å²) in [6.07, 6.45) is 0.0406. The van der Waals surface area contributed by atoms with Crippen LogP contribution >= 0.6 is 23.2 Å². The quantitative estimate of drug-likeness (QED) is 0.839. The van der Waals surface area contributed by atoms with Crippen LogP contribution in [0.1, 0.15) is 6.42 Å². The van der Waals surface area contributed by atoms with E-state index in [1.165, 1.54) is 0 Å². The second-order valence-corrected chi connectivity index (χ2v) is 6.06. The molecule has 5 nitrogen and oxygen atoms in total. The molecule has 124 valence electrons. The third-order valence-corrected chi connectivity index (χ3v) is 4.54. The van der Waals surface area contributed by atoms with Crippen LogP contribution in [0.25, 0.3) is 0 Å². The van der Waals surface area contributed by atoms with E-state index < -0.39 is 6.04 Å². The molecule has 2 amide bonds. The fourth-order valence-corrected chi connectivity index (χ4v) is 2.96. The van der Waals surface area contributed by atoms with Gasteiger partial charge in [-0.1, -0.05) is 35.3 Å². The summed E-state index contributed by atoms with van der Waals surface area (Å²) in [5.41, 5.74) is 0.994. The molecule has 1 N–H and O–H groups in total. The first kappa shape index (κ1) is 16.6. The highest BCUT2D eigenvalue weighted by Crippen LogP contribution is 2.35. The minimum atomic E-state index is -0.667. The van der Waals surface area contributed by atoms with E-state index in [2.05, 4.69) is 5.32 Å². The molecule has 1 atom stereocenters. The molecule has 1 fully saturated rings. The lowest BCUT2D eigenvalue weighted by Gasteiger charge is -2.18. The van der Waals surface area contributed by atoms with Crippen LogP contribution in [0.3, 0.4) is 0 Å². The predicted molar refractivity (Wildman–Crippen MR) is 94.0 cm³/mol. The van der Waals surface area contributed by atoms with Crippen molar-refractivity contribution in [3.8, 4) is 5.75 Å². The summed E-state index contributed by atoms with van der Waals surface area (Å²) in [7, 11) is 1.56. The molecule has 7 heteroatoms. The molecule has 0 radical (unpaired) electrons. The van der Waals surface area contributed by atoms with Gasteiger partial charge in [0.25, 0.3) is 5.91 Å². The third-order valence-electron chi connectivity index (χ3n) is 3.73. The van der Waals surface area contributed by atoms with Gasteiger partial charge in [-0.05, 0) is 24.3 Å². The van der Waals surface area contributed by atoms with Gasteiger partial charge in [-0.15, -0.1) is 0 Å². The van der Waals surface area contributed by atoms with E-state index in [0.717, 1.165) is 4.90 Å². The summed E-state index contributed by atoms with van der Waals surface area (Å²) in [6.45, 7) is 0. The number of hydrogen-bond donors (Lipinski definition) is 1. The second kappa shape index (κ2) is 6.71. The van der Waals surface area contributed by atoms with Gasteiger partial charge >= 0.3 is 0 Å². The van der Waals surface area contributed by atoms with Crippen molar-refractivity contribution in [3.05, 3.63) is 52.5 Å². The van der Waals surface area contributed by atoms with Gasteiger partial charge in [0, 0.05) is 11.8 Å². The van der Waals surface area contributed by atoms with Gasteiger partial charge in [0.05, 0.1) is 29.3 Å². The molecule has 1 aliphatic rings. The molecule has 0 unspecified atom stereocenters. The Hall–Kier alpha value is -2.24. The average molecular weight is 365 g/mol. The molecule has 0 saturated carbocycles. The second-order valence-electron chi connectivity index (χ2n) is 5.27. The lowest BCUT2D eigenvalue weighted by molar-refractivity contribution is -0.121. The Labute approximate surface area is 149 Å². The van der Waals surface area contributed by atoms with Crippen molar-refractivity contribution in [1.29, 1.82) is 0 Å². The number of imide groups is 1. The Kier molecular flexibility index (Phi) is 4.64. The van der Waals surface area contributed by atoms with Crippen LogP contribution in [0.4, 0.5) is 11.4 Å². The average Bonchev–Trinajstić information content (AvgIpc) is 2.84. The number of amides is 2. The number of methoxy groups -OCH3 is 1. The van der Waals surface area contributed by atoms with Gasteiger partial charge in [-0.3, -0.25) is 9.59 Å². The summed E-state index contributed by atoms with van der Waals surface area (Å²) in [5, 5.41) is 3.54. The summed E-state index contributed by atoms with van der Waals surface area (Å²) in [6, 6.07) is 11.3. The zero-order valence-corrected chi connectivity index (χ0v) is 14.3. The number of halogens is 2. The Morgan fingerprint density at radius 2 is 1.92 bits per heavy atom. The smallest absolute Gasteiger partial charge is 0.256 e. The van der Waals surface area contributed by atoms with E-state index in [4.69, 9.17) is 27.9 Å². The number of nitrogens with zero attached hydrogens (tertiary/aromatic N) is 1. The third kappa shape index (κ3) is 3.05. The fraction of sp³-hybridized carbons (Fsp3) is 0.176. The Balaban J connectivity index is 1.85. The molecule has 1 heterocycles. The largest absolute Gasteiger partial charge is 0.497 e. The van der Waals surface area contributed by atoms with Crippen molar-refractivity contribution >= 4 is 46.4 Å². The number of rotatable bonds is 4. The van der Waals surface area contributed by atoms with Crippen molar-refractivity contribution in [2.75, 3.05) is 17.3 Å². The summed E-state index contributed by atoms with van der Waals surface area (Å²) in [5.74, 6) is -0.0388. The Morgan fingerprint density at radius 1 is 1.17 bits per heavy atom. The number of nitrogens with one attached hydrogen (secondary N) is 1. The monoisotopic (exact) mass is 364 g/mol. The van der Waals surface area contributed by atoms with E-state index in [0.29, 0.717) is 22.1 Å². The molecule has 24 heavy (non-hydrogen) atoms. The number of carbonyl (C=O) groups is 2. The van der Waals surface area contributed by atoms with Crippen molar-refractivity contribution in [2.45, 2.75) is 12.5 Å². The van der Waals surface area contributed by atoms with Crippen LogP contribution in [0.5, 0.6) is 5.75 Å². The van der Waals surface area contributed by atoms with Crippen molar-refractivity contribution < 1.29 is 14.3 Å². The lowest BCUT2D eigenvalue weighted by Crippen LogP contribution is -2.35. The van der Waals surface area contributed by atoms with Gasteiger partial charge in [-0.2, -0.15) is 0 Å². The van der Waals surface area contributed by atoms with Gasteiger partial charge in [-0.25, -0.2) is 4.90 Å². The first-order valence-electron chi connectivity index (χ1n) is 7.22. The highest BCUT2D eigenvalue weighted by atomic mass is 35.5. The molecule has 0 aliphatic carbocycles. The number of hydrogen-bond acceptors (Lipinski definition) is 4. The topological polar surface area (TPSA) is 58.6 Å². The molecule has 0 aromatic heterocycles. The molecular weight excluding hydrogens is 351 g/mol. The van der Waals surface area contributed by atoms with E-state index in [1.54, 1.807) is 49.6 Å². The number of anilines is 2. The van der Waals surface area contributed by atoms with E-state index in [1.807, 2.05) is 0 Å². The van der Waals surface area contributed by atoms with Crippen molar-refractivity contribution in [3.63, 3.8) is 0 Å². The van der Waals surface area contributed by atoms with Crippen LogP contribution < -0.4 is 15.0 Å². The van der Waals surface area contributed by atoms with Crippen LogP contribution in [-0.2, 0) is 9.59 Å². The number of carbonyl (C=O) groups excluding carboxylic acids is 2. The van der Waals surface area contributed by atoms with Crippen LogP contribution in [0.15, 0.2) is 42.5 Å². The van der Waals surface area contributed by atoms with E-state index in [-0.39, 0.29) is 23.3 Å². The molecule has 0 bridgehead atoms. The molecular formula is C17H14Cl2N2O3. The molecule has 1 saturated heterocycles. The van der Waals surface area contributed by atoms with Crippen LogP contribution in [-0.4, -0.2) is 25.0 Å². The van der Waals surface area contributed by atoms with Crippen molar-refractivity contribution in [2.24, 2.45) is 0 Å². The van der Waals surface area contributed by atoms with E-state index in [9.17, 15) is 9.59 Å². The first-order valence-corrected chi connectivity index (χ1v) is 7.98. The Morgan fingerprint density at radius 3 is 2.67 bits per heavy atom. The maximum atomic E-state index is 12.6. The highest BCUT2D eigenvalue weighted by molar-refractivity contribution is 6.45. The van der Waals surface area contributed by atoms with Gasteiger partial charge in [0.2, 0.25) is 5.91 Å². The standard InChI is InChI=1S/C17H14Cl2N2O3/c1-24-11-5-2-4-10(8-11)20-13-9-15(22)21(17(13)23)14-7-3-6-12(18)16(14)19/h2-8,13,20H,9H2,1H3/t13-/m1/s1. The Bertz CT molecular complexity index is 810. The lowest BCUT2D eigenvalue weighted by atomic mass is 10.2. The molecule has 2 aromatic rings.